The standard InChI is InChI=1S/C16H15F3N4O2/c1-8(2)13-12(9-3-5-10(17)6-4-9)14-20-15(25-7-11(18)19)21-16(24)23(14)22-13/h3-6,8,11H,7H2,1-2H3,(H,20,21,24). The Balaban J connectivity index is 2.22. The minimum Gasteiger partial charge on any atom is -0.459 e. The van der Waals surface area contributed by atoms with Gasteiger partial charge in [-0.15, -0.1) is 0 Å². The van der Waals surface area contributed by atoms with Crippen LogP contribution in [0.2, 0.25) is 0 Å². The molecule has 0 aliphatic rings. The van der Waals surface area contributed by atoms with Crippen LogP contribution < -0.4 is 10.4 Å². The van der Waals surface area contributed by atoms with Crippen molar-refractivity contribution < 1.29 is 17.9 Å². The Morgan fingerprint density at radius 3 is 2.52 bits per heavy atom. The summed E-state index contributed by atoms with van der Waals surface area (Å²) in [6.07, 6.45) is -2.70. The number of H-pyrrole nitrogens is 1. The van der Waals surface area contributed by atoms with Crippen LogP contribution >= 0.6 is 0 Å². The molecule has 6 nitrogen and oxygen atoms in total. The highest BCUT2D eigenvalue weighted by Crippen LogP contribution is 2.31. The smallest absolute Gasteiger partial charge is 0.352 e. The van der Waals surface area contributed by atoms with E-state index in [1.54, 1.807) is 12.1 Å². The van der Waals surface area contributed by atoms with Crippen LogP contribution in [0.1, 0.15) is 25.5 Å². The first-order valence-corrected chi connectivity index (χ1v) is 7.56. The largest absolute Gasteiger partial charge is 0.459 e. The number of nitrogens with zero attached hydrogens (tertiary/aromatic N) is 3. The van der Waals surface area contributed by atoms with E-state index in [1.165, 1.54) is 12.1 Å². The SMILES string of the molecule is CC(C)c1nn2c(=O)[nH]c(OCC(F)F)nc2c1-c1ccc(F)cc1. The minimum atomic E-state index is -2.70. The second-order valence-electron chi connectivity index (χ2n) is 5.71. The van der Waals surface area contributed by atoms with Gasteiger partial charge in [-0.1, -0.05) is 26.0 Å². The van der Waals surface area contributed by atoms with Crippen molar-refractivity contribution >= 4 is 5.65 Å². The van der Waals surface area contributed by atoms with Crippen molar-refractivity contribution in [1.29, 1.82) is 0 Å². The van der Waals surface area contributed by atoms with Gasteiger partial charge in [0.05, 0.1) is 11.3 Å². The third-order valence-electron chi connectivity index (χ3n) is 3.53. The number of hydrogen-bond acceptors (Lipinski definition) is 4. The summed E-state index contributed by atoms with van der Waals surface area (Å²) in [4.78, 5) is 18.6. The molecule has 9 heteroatoms. The highest BCUT2D eigenvalue weighted by molar-refractivity contribution is 5.80. The number of alkyl halides is 2. The maximum atomic E-state index is 13.2. The van der Waals surface area contributed by atoms with Crippen LogP contribution in [0.25, 0.3) is 16.8 Å². The van der Waals surface area contributed by atoms with Crippen LogP contribution in [0.4, 0.5) is 13.2 Å². The van der Waals surface area contributed by atoms with E-state index in [9.17, 15) is 18.0 Å². The monoisotopic (exact) mass is 352 g/mol. The van der Waals surface area contributed by atoms with Gasteiger partial charge in [0.1, 0.15) is 5.82 Å². The number of nitrogens with one attached hydrogen (secondary N) is 1. The number of aromatic amines is 1. The van der Waals surface area contributed by atoms with Gasteiger partial charge >= 0.3 is 5.69 Å². The van der Waals surface area contributed by atoms with Gasteiger partial charge in [0.2, 0.25) is 0 Å². The van der Waals surface area contributed by atoms with Crippen LogP contribution in [-0.4, -0.2) is 32.6 Å². The van der Waals surface area contributed by atoms with Gasteiger partial charge in [-0.3, -0.25) is 4.98 Å². The molecule has 0 aliphatic heterocycles. The first-order chi connectivity index (χ1) is 11.9. The molecule has 1 N–H and O–H groups in total. The lowest BCUT2D eigenvalue weighted by molar-refractivity contribution is 0.0768. The van der Waals surface area contributed by atoms with E-state index in [0.717, 1.165) is 4.52 Å². The molecule has 2 aromatic heterocycles. The van der Waals surface area contributed by atoms with E-state index in [-0.39, 0.29) is 17.6 Å². The number of ether oxygens (including phenoxy) is 1. The van der Waals surface area contributed by atoms with E-state index < -0.39 is 24.5 Å². The maximum Gasteiger partial charge on any atom is 0.352 e. The lowest BCUT2D eigenvalue weighted by Crippen LogP contribution is -2.21. The van der Waals surface area contributed by atoms with Crippen molar-refractivity contribution in [3.05, 3.63) is 46.3 Å². The van der Waals surface area contributed by atoms with E-state index in [2.05, 4.69) is 15.1 Å². The van der Waals surface area contributed by atoms with E-state index in [4.69, 9.17) is 4.74 Å². The fraction of sp³-hybridized carbons (Fsp3) is 0.312. The molecule has 0 fully saturated rings. The molecule has 3 rings (SSSR count). The number of halogens is 3. The van der Waals surface area contributed by atoms with E-state index in [0.29, 0.717) is 16.8 Å². The first-order valence-electron chi connectivity index (χ1n) is 7.56. The van der Waals surface area contributed by atoms with Gasteiger partial charge in [-0.05, 0) is 23.6 Å². The summed E-state index contributed by atoms with van der Waals surface area (Å²) in [5, 5.41) is 4.26. The lowest BCUT2D eigenvalue weighted by Gasteiger charge is -2.06. The molecule has 1 aromatic carbocycles. The van der Waals surface area contributed by atoms with Gasteiger partial charge in [0.15, 0.2) is 12.3 Å². The molecule has 2 heterocycles. The zero-order chi connectivity index (χ0) is 18.1. The summed E-state index contributed by atoms with van der Waals surface area (Å²) in [6.45, 7) is 2.88. The molecule has 0 saturated heterocycles. The Hall–Kier alpha value is -2.84. The number of aromatic nitrogens is 4. The highest BCUT2D eigenvalue weighted by atomic mass is 19.3. The molecule has 0 radical (unpaired) electrons. The number of hydrogen-bond donors (Lipinski definition) is 1. The summed E-state index contributed by atoms with van der Waals surface area (Å²) < 4.78 is 43.7. The molecule has 0 bridgehead atoms. The normalized spacial score (nSPS) is 11.6. The average molecular weight is 352 g/mol. The summed E-state index contributed by atoms with van der Waals surface area (Å²) in [6, 6.07) is 5.33. The van der Waals surface area contributed by atoms with Crippen molar-refractivity contribution in [2.24, 2.45) is 0 Å². The lowest BCUT2D eigenvalue weighted by atomic mass is 9.99. The number of fused-ring (bicyclic) bond motifs is 1. The van der Waals surface area contributed by atoms with E-state index >= 15 is 0 Å². The Morgan fingerprint density at radius 1 is 1.24 bits per heavy atom. The Kier molecular flexibility index (Phi) is 4.47. The molecule has 0 spiro atoms. The van der Waals surface area contributed by atoms with Crippen molar-refractivity contribution in [3.8, 4) is 17.1 Å². The quantitative estimate of drug-likeness (QED) is 0.766. The molecule has 0 atom stereocenters. The van der Waals surface area contributed by atoms with Gasteiger partial charge in [-0.2, -0.15) is 14.6 Å². The Morgan fingerprint density at radius 2 is 1.92 bits per heavy atom. The van der Waals surface area contributed by atoms with Gasteiger partial charge in [0.25, 0.3) is 12.4 Å². The fourth-order valence-corrected chi connectivity index (χ4v) is 2.45. The molecular weight excluding hydrogens is 337 g/mol. The summed E-state index contributed by atoms with van der Waals surface area (Å²) in [5.74, 6) is -0.454. The molecule has 132 valence electrons. The van der Waals surface area contributed by atoms with Crippen LogP contribution in [0.15, 0.2) is 29.1 Å². The Bertz CT molecular complexity index is 948. The molecule has 0 saturated carbocycles. The number of benzene rings is 1. The van der Waals surface area contributed by atoms with Gasteiger partial charge < -0.3 is 4.74 Å². The number of rotatable bonds is 5. The zero-order valence-electron chi connectivity index (χ0n) is 13.5. The first kappa shape index (κ1) is 17.0. The predicted octanol–water partition coefficient (Wildman–Crippen LogP) is 2.99. The van der Waals surface area contributed by atoms with Gasteiger partial charge in [-0.25, -0.2) is 18.0 Å². The predicted molar refractivity (Wildman–Crippen MR) is 84.6 cm³/mol. The Labute approximate surface area is 140 Å². The molecule has 3 aromatic rings. The topological polar surface area (TPSA) is 72.3 Å². The van der Waals surface area contributed by atoms with Crippen LogP contribution in [0, 0.1) is 5.82 Å². The third-order valence-corrected chi connectivity index (χ3v) is 3.53. The summed E-state index contributed by atoms with van der Waals surface area (Å²) in [7, 11) is 0. The van der Waals surface area contributed by atoms with Crippen LogP contribution in [-0.2, 0) is 0 Å². The average Bonchev–Trinajstić information content (AvgIpc) is 2.94. The second kappa shape index (κ2) is 6.58. The minimum absolute atomic E-state index is 0.0495. The highest BCUT2D eigenvalue weighted by Gasteiger charge is 2.21. The second-order valence-corrected chi connectivity index (χ2v) is 5.71. The van der Waals surface area contributed by atoms with Gasteiger partial charge in [0, 0.05) is 0 Å². The van der Waals surface area contributed by atoms with Crippen molar-refractivity contribution in [1.82, 2.24) is 19.6 Å². The van der Waals surface area contributed by atoms with Crippen molar-refractivity contribution in [2.75, 3.05) is 6.61 Å². The van der Waals surface area contributed by atoms with Crippen LogP contribution in [0.5, 0.6) is 6.01 Å². The molecular formula is C16H15F3N4O2. The summed E-state index contributed by atoms with van der Waals surface area (Å²) >= 11 is 0. The van der Waals surface area contributed by atoms with Crippen molar-refractivity contribution in [2.45, 2.75) is 26.2 Å². The van der Waals surface area contributed by atoms with Crippen LogP contribution in [0.3, 0.4) is 0 Å². The van der Waals surface area contributed by atoms with Crippen molar-refractivity contribution in [3.63, 3.8) is 0 Å². The molecule has 0 aliphatic carbocycles. The molecule has 0 unspecified atom stereocenters. The molecule has 25 heavy (non-hydrogen) atoms. The third kappa shape index (κ3) is 3.35. The van der Waals surface area contributed by atoms with E-state index in [1.807, 2.05) is 13.8 Å². The summed E-state index contributed by atoms with van der Waals surface area (Å²) in [5.41, 5.74) is 1.21. The fourth-order valence-electron chi connectivity index (χ4n) is 2.45. The zero-order valence-corrected chi connectivity index (χ0v) is 13.5. The molecule has 0 amide bonds. The maximum absolute atomic E-state index is 13.2.